The molecule has 0 spiro atoms. The van der Waals surface area contributed by atoms with Crippen LogP contribution in [-0.2, 0) is 23.9 Å². The molecule has 0 radical (unpaired) electrons. The third-order valence-electron chi connectivity index (χ3n) is 7.16. The summed E-state index contributed by atoms with van der Waals surface area (Å²) in [6.45, 7) is 9.32. The third kappa shape index (κ3) is 8.14. The van der Waals surface area contributed by atoms with Crippen molar-refractivity contribution in [3.05, 3.63) is 29.6 Å². The van der Waals surface area contributed by atoms with Crippen molar-refractivity contribution in [3.8, 4) is 5.75 Å². The number of benzene rings is 1. The molecular weight excluding hydrogens is 507 g/mol. The van der Waals surface area contributed by atoms with Gasteiger partial charge in [0.15, 0.2) is 0 Å². The van der Waals surface area contributed by atoms with Crippen molar-refractivity contribution in [1.29, 1.82) is 0 Å². The van der Waals surface area contributed by atoms with Crippen LogP contribution < -0.4 is 20.8 Å². The van der Waals surface area contributed by atoms with Gasteiger partial charge >= 0.3 is 5.97 Å². The molecule has 2 aliphatic heterocycles. The minimum absolute atomic E-state index is 0.188. The fraction of sp³-hybridized carbons (Fsp3) is 0.643. The molecule has 0 aliphatic carbocycles. The van der Waals surface area contributed by atoms with E-state index in [0.717, 1.165) is 0 Å². The average Bonchev–Trinajstić information content (AvgIpc) is 2.90. The number of fused-ring (bicyclic) bond motifs is 4. The highest BCUT2D eigenvalue weighted by Gasteiger charge is 2.34. The lowest BCUT2D eigenvalue weighted by atomic mass is 9.99. The largest absolute Gasteiger partial charge is 0.494 e. The number of nitrogens with one attached hydrogen (secondary N) is 3. The molecular formula is C28H41FN4O6. The Morgan fingerprint density at radius 1 is 0.974 bits per heavy atom. The molecule has 2 aliphatic rings. The molecule has 39 heavy (non-hydrogen) atoms. The number of esters is 1. The van der Waals surface area contributed by atoms with Crippen molar-refractivity contribution in [2.45, 2.75) is 91.0 Å². The van der Waals surface area contributed by atoms with E-state index in [4.69, 9.17) is 9.47 Å². The van der Waals surface area contributed by atoms with Gasteiger partial charge in [-0.15, -0.1) is 0 Å². The summed E-state index contributed by atoms with van der Waals surface area (Å²) in [4.78, 5) is 51.9. The number of carbonyl (C=O) groups excluding carboxylic acids is 4. The molecule has 3 rings (SSSR count). The maximum absolute atomic E-state index is 14.6. The van der Waals surface area contributed by atoms with E-state index in [2.05, 4.69) is 16.1 Å². The lowest BCUT2D eigenvalue weighted by molar-refractivity contribution is -0.157. The summed E-state index contributed by atoms with van der Waals surface area (Å²) >= 11 is 0. The first kappa shape index (κ1) is 30.3. The SMILES string of the molecule is CC(C)C1NC(=O)[C@H](C)CCCCOc2ccc(F)c(c2)[C@@H](C)OC(=O)[C@@H]2CCCN(N2)C(=O)[C@H](C)NC1=O. The van der Waals surface area contributed by atoms with E-state index >= 15 is 0 Å². The number of hydrazine groups is 1. The zero-order valence-corrected chi connectivity index (χ0v) is 23.4. The van der Waals surface area contributed by atoms with Crippen LogP contribution in [0.3, 0.4) is 0 Å². The van der Waals surface area contributed by atoms with E-state index in [9.17, 15) is 23.6 Å². The average molecular weight is 549 g/mol. The Kier molecular flexibility index (Phi) is 10.7. The van der Waals surface area contributed by atoms with Gasteiger partial charge in [0.05, 0.1) is 6.61 Å². The number of cyclic esters (lactones) is 1. The fourth-order valence-electron chi connectivity index (χ4n) is 4.66. The van der Waals surface area contributed by atoms with Crippen molar-refractivity contribution >= 4 is 23.7 Å². The summed E-state index contributed by atoms with van der Waals surface area (Å²) < 4.78 is 25.9. The van der Waals surface area contributed by atoms with E-state index in [1.807, 2.05) is 20.8 Å². The second kappa shape index (κ2) is 13.7. The highest BCUT2D eigenvalue weighted by Crippen LogP contribution is 2.26. The number of ether oxygens (including phenoxy) is 2. The minimum Gasteiger partial charge on any atom is -0.494 e. The summed E-state index contributed by atoms with van der Waals surface area (Å²) in [5, 5.41) is 6.84. The summed E-state index contributed by atoms with van der Waals surface area (Å²) in [5.74, 6) is -2.30. The molecule has 2 heterocycles. The predicted octanol–water partition coefficient (Wildman–Crippen LogP) is 2.77. The van der Waals surface area contributed by atoms with Gasteiger partial charge in [0, 0.05) is 18.0 Å². The second-order valence-corrected chi connectivity index (χ2v) is 10.8. The predicted molar refractivity (Wildman–Crippen MR) is 142 cm³/mol. The molecule has 11 heteroatoms. The zero-order chi connectivity index (χ0) is 28.7. The van der Waals surface area contributed by atoms with E-state index in [-0.39, 0.29) is 23.3 Å². The molecule has 3 amide bonds. The first-order valence-corrected chi connectivity index (χ1v) is 13.8. The fourth-order valence-corrected chi connectivity index (χ4v) is 4.66. The van der Waals surface area contributed by atoms with Crippen molar-refractivity contribution in [2.75, 3.05) is 13.2 Å². The molecule has 1 fully saturated rings. The third-order valence-corrected chi connectivity index (χ3v) is 7.16. The van der Waals surface area contributed by atoms with Crippen molar-refractivity contribution in [3.63, 3.8) is 0 Å². The van der Waals surface area contributed by atoms with Crippen molar-refractivity contribution < 1.29 is 33.0 Å². The summed E-state index contributed by atoms with van der Waals surface area (Å²) in [6, 6.07) is 1.81. The molecule has 0 saturated carbocycles. The number of hydrogen-bond donors (Lipinski definition) is 3. The number of amides is 3. The normalized spacial score (nSPS) is 28.4. The zero-order valence-electron chi connectivity index (χ0n) is 23.4. The van der Waals surface area contributed by atoms with Crippen LogP contribution in [0.4, 0.5) is 4.39 Å². The first-order valence-electron chi connectivity index (χ1n) is 13.8. The Morgan fingerprint density at radius 2 is 1.72 bits per heavy atom. The molecule has 3 N–H and O–H groups in total. The number of nitrogens with zero attached hydrogens (tertiary/aromatic N) is 1. The van der Waals surface area contributed by atoms with E-state index in [0.29, 0.717) is 51.0 Å². The smallest absolute Gasteiger partial charge is 0.325 e. The molecule has 0 aromatic heterocycles. The van der Waals surface area contributed by atoms with Crippen LogP contribution in [0, 0.1) is 17.7 Å². The number of carbonyl (C=O) groups is 4. The van der Waals surface area contributed by atoms with Crippen molar-refractivity contribution in [2.24, 2.45) is 11.8 Å². The Morgan fingerprint density at radius 3 is 2.44 bits per heavy atom. The van der Waals surface area contributed by atoms with Gasteiger partial charge in [0.2, 0.25) is 11.8 Å². The maximum atomic E-state index is 14.6. The monoisotopic (exact) mass is 548 g/mol. The summed E-state index contributed by atoms with van der Waals surface area (Å²) in [7, 11) is 0. The molecule has 4 bridgehead atoms. The van der Waals surface area contributed by atoms with Crippen LogP contribution in [0.15, 0.2) is 18.2 Å². The number of rotatable bonds is 1. The van der Waals surface area contributed by atoms with Crippen LogP contribution in [0.1, 0.15) is 78.4 Å². The molecule has 1 aromatic carbocycles. The number of hydrogen-bond acceptors (Lipinski definition) is 7. The van der Waals surface area contributed by atoms with Gasteiger partial charge in [-0.3, -0.25) is 24.2 Å². The van der Waals surface area contributed by atoms with Gasteiger partial charge in [-0.05, 0) is 70.1 Å². The molecule has 1 unspecified atom stereocenters. The minimum atomic E-state index is -0.899. The molecule has 1 aromatic rings. The Hall–Kier alpha value is -3.21. The van der Waals surface area contributed by atoms with Crippen LogP contribution in [0.2, 0.25) is 0 Å². The van der Waals surface area contributed by atoms with Gasteiger partial charge < -0.3 is 20.1 Å². The van der Waals surface area contributed by atoms with E-state index in [1.54, 1.807) is 13.8 Å². The van der Waals surface area contributed by atoms with Gasteiger partial charge in [-0.2, -0.15) is 0 Å². The second-order valence-electron chi connectivity index (χ2n) is 10.8. The lowest BCUT2D eigenvalue weighted by Crippen LogP contribution is -2.61. The van der Waals surface area contributed by atoms with Gasteiger partial charge in [0.25, 0.3) is 5.91 Å². The molecule has 5 atom stereocenters. The van der Waals surface area contributed by atoms with Gasteiger partial charge in [-0.25, -0.2) is 9.82 Å². The Balaban J connectivity index is 1.81. The quantitative estimate of drug-likeness (QED) is 0.461. The Labute approximate surface area is 229 Å². The Bertz CT molecular complexity index is 1050. The van der Waals surface area contributed by atoms with Gasteiger partial charge in [0.1, 0.15) is 35.8 Å². The van der Waals surface area contributed by atoms with Gasteiger partial charge in [-0.1, -0.05) is 20.8 Å². The van der Waals surface area contributed by atoms with E-state index in [1.165, 1.54) is 23.2 Å². The van der Waals surface area contributed by atoms with Crippen LogP contribution in [-0.4, -0.2) is 60.0 Å². The number of halogens is 1. The molecule has 1 saturated heterocycles. The van der Waals surface area contributed by atoms with Crippen LogP contribution in [0.25, 0.3) is 0 Å². The first-order chi connectivity index (χ1) is 18.5. The maximum Gasteiger partial charge on any atom is 0.325 e. The summed E-state index contributed by atoms with van der Waals surface area (Å²) in [6.07, 6.45) is 2.07. The van der Waals surface area contributed by atoms with E-state index < -0.39 is 47.8 Å². The standard InChI is InChI=1S/C28H41FN4O6/c1-16(2)24-26(35)30-18(4)27(36)33-13-8-10-23(32-33)28(37)39-19(5)21-15-20(11-12-22(21)29)38-14-7-6-9-17(3)25(34)31-24/h11-12,15-19,23-24,32H,6-10,13-14H2,1-5H3,(H,30,35)(H,31,34)/t17-,18+,19-,23+,24?/m1/s1. The lowest BCUT2D eigenvalue weighted by Gasteiger charge is -2.35. The van der Waals surface area contributed by atoms with Crippen LogP contribution in [0.5, 0.6) is 5.75 Å². The molecule has 10 nitrogen and oxygen atoms in total. The molecule has 216 valence electrons. The highest BCUT2D eigenvalue weighted by molar-refractivity contribution is 5.92. The van der Waals surface area contributed by atoms with Crippen molar-refractivity contribution in [1.82, 2.24) is 21.1 Å². The summed E-state index contributed by atoms with van der Waals surface area (Å²) in [5.41, 5.74) is 3.08. The topological polar surface area (TPSA) is 126 Å². The van der Waals surface area contributed by atoms with Crippen LogP contribution >= 0.6 is 0 Å². The highest BCUT2D eigenvalue weighted by atomic mass is 19.1.